The minimum atomic E-state index is -0.967. The number of aromatic nitrogens is 2. The Balaban J connectivity index is 1.80. The quantitative estimate of drug-likeness (QED) is 0.896. The number of carboxylic acid groups (broad SMARTS) is 1. The van der Waals surface area contributed by atoms with Gasteiger partial charge < -0.3 is 14.7 Å². The number of aliphatic carboxylic acids is 1. The number of ether oxygens (including phenoxy) is 1. The third-order valence-corrected chi connectivity index (χ3v) is 3.99. The number of rotatable bonds is 4. The minimum Gasteiger partial charge on any atom is -0.497 e. The summed E-state index contributed by atoms with van der Waals surface area (Å²) in [7, 11) is 1.59. The van der Waals surface area contributed by atoms with Crippen molar-refractivity contribution in [3.8, 4) is 17.0 Å². The molecule has 1 saturated heterocycles. The first kappa shape index (κ1) is 15.1. The lowest BCUT2D eigenvalue weighted by molar-refractivity contribution is -0.141. The zero-order chi connectivity index (χ0) is 16.4. The van der Waals surface area contributed by atoms with Crippen molar-refractivity contribution in [1.82, 2.24) is 15.1 Å². The maximum Gasteiger partial charge on any atom is 0.326 e. The average molecular weight is 315 g/mol. The van der Waals surface area contributed by atoms with Gasteiger partial charge in [0.2, 0.25) is 0 Å². The lowest BCUT2D eigenvalue weighted by Gasteiger charge is -2.20. The van der Waals surface area contributed by atoms with Crippen LogP contribution in [0.5, 0.6) is 5.75 Å². The SMILES string of the molecule is COc1ccc(-c2cc(C(=O)N3CCC[C@@H]3C(=O)O)[nH]n2)cc1. The molecule has 7 nitrogen and oxygen atoms in total. The molecule has 0 radical (unpaired) electrons. The van der Waals surface area contributed by atoms with Crippen LogP contribution < -0.4 is 4.74 Å². The predicted octanol–water partition coefficient (Wildman–Crippen LogP) is 1.77. The number of carbonyl (C=O) groups excluding carboxylic acids is 1. The van der Waals surface area contributed by atoms with Crippen LogP contribution in [0.4, 0.5) is 0 Å². The fraction of sp³-hybridized carbons (Fsp3) is 0.312. The van der Waals surface area contributed by atoms with Crippen LogP contribution >= 0.6 is 0 Å². The van der Waals surface area contributed by atoms with Gasteiger partial charge in [0, 0.05) is 12.1 Å². The van der Waals surface area contributed by atoms with Crippen molar-refractivity contribution in [1.29, 1.82) is 0 Å². The third-order valence-electron chi connectivity index (χ3n) is 3.99. The molecule has 7 heteroatoms. The van der Waals surface area contributed by atoms with E-state index in [0.29, 0.717) is 30.8 Å². The summed E-state index contributed by atoms with van der Waals surface area (Å²) in [5.41, 5.74) is 1.77. The number of nitrogens with zero attached hydrogens (tertiary/aromatic N) is 2. The van der Waals surface area contributed by atoms with Crippen molar-refractivity contribution in [2.75, 3.05) is 13.7 Å². The van der Waals surface area contributed by atoms with E-state index < -0.39 is 12.0 Å². The number of carbonyl (C=O) groups is 2. The molecule has 3 rings (SSSR count). The van der Waals surface area contributed by atoms with E-state index in [4.69, 9.17) is 4.74 Å². The van der Waals surface area contributed by atoms with Gasteiger partial charge in [0.05, 0.1) is 12.8 Å². The van der Waals surface area contributed by atoms with Gasteiger partial charge in [-0.15, -0.1) is 0 Å². The molecule has 0 bridgehead atoms. The van der Waals surface area contributed by atoms with Crippen LogP contribution in [0.1, 0.15) is 23.3 Å². The fourth-order valence-corrected chi connectivity index (χ4v) is 2.76. The molecule has 120 valence electrons. The first-order valence-corrected chi connectivity index (χ1v) is 7.34. The number of methoxy groups -OCH3 is 1. The number of hydrogen-bond donors (Lipinski definition) is 2. The van der Waals surface area contributed by atoms with Crippen LogP contribution in [0.3, 0.4) is 0 Å². The van der Waals surface area contributed by atoms with Gasteiger partial charge in [0.15, 0.2) is 0 Å². The number of benzene rings is 1. The summed E-state index contributed by atoms with van der Waals surface area (Å²) in [4.78, 5) is 25.1. The Labute approximate surface area is 132 Å². The second kappa shape index (κ2) is 6.12. The molecule has 1 aliphatic rings. The van der Waals surface area contributed by atoms with E-state index in [0.717, 1.165) is 11.3 Å². The molecule has 0 spiro atoms. The highest BCUT2D eigenvalue weighted by atomic mass is 16.5. The highest BCUT2D eigenvalue weighted by Crippen LogP contribution is 2.24. The van der Waals surface area contributed by atoms with E-state index in [1.807, 2.05) is 24.3 Å². The largest absolute Gasteiger partial charge is 0.497 e. The molecule has 0 aliphatic carbocycles. The summed E-state index contributed by atoms with van der Waals surface area (Å²) in [6.45, 7) is 0.451. The zero-order valence-corrected chi connectivity index (χ0v) is 12.7. The van der Waals surface area contributed by atoms with Crippen molar-refractivity contribution in [2.45, 2.75) is 18.9 Å². The molecule has 1 atom stereocenters. The van der Waals surface area contributed by atoms with Crippen molar-refractivity contribution < 1.29 is 19.4 Å². The highest BCUT2D eigenvalue weighted by Gasteiger charge is 2.35. The maximum atomic E-state index is 12.5. The van der Waals surface area contributed by atoms with Crippen LogP contribution in [-0.4, -0.2) is 51.8 Å². The molecular formula is C16H17N3O4. The number of aromatic amines is 1. The monoisotopic (exact) mass is 315 g/mol. The third kappa shape index (κ3) is 2.90. The number of hydrogen-bond acceptors (Lipinski definition) is 4. The lowest BCUT2D eigenvalue weighted by Crippen LogP contribution is -2.40. The summed E-state index contributed by atoms with van der Waals surface area (Å²) in [5.74, 6) is -0.560. The molecule has 1 aromatic carbocycles. The Kier molecular flexibility index (Phi) is 4.01. The standard InChI is InChI=1S/C16H17N3O4/c1-23-11-6-4-10(5-7-11)12-9-13(18-17-12)15(20)19-8-2-3-14(19)16(21)22/h4-7,9,14H,2-3,8H2,1H3,(H,17,18)(H,21,22)/t14-/m1/s1. The van der Waals surface area contributed by atoms with Crippen molar-refractivity contribution in [2.24, 2.45) is 0 Å². The number of H-pyrrole nitrogens is 1. The molecule has 0 saturated carbocycles. The van der Waals surface area contributed by atoms with Gasteiger partial charge in [-0.05, 0) is 43.2 Å². The Morgan fingerprint density at radius 2 is 2.09 bits per heavy atom. The molecule has 23 heavy (non-hydrogen) atoms. The molecule has 2 heterocycles. The van der Waals surface area contributed by atoms with Crippen molar-refractivity contribution >= 4 is 11.9 Å². The summed E-state index contributed by atoms with van der Waals surface area (Å²) in [6.07, 6.45) is 1.18. The number of nitrogens with one attached hydrogen (secondary N) is 1. The smallest absolute Gasteiger partial charge is 0.326 e. The van der Waals surface area contributed by atoms with E-state index >= 15 is 0 Å². The van der Waals surface area contributed by atoms with E-state index in [1.54, 1.807) is 13.2 Å². The first-order valence-electron chi connectivity index (χ1n) is 7.34. The fourth-order valence-electron chi connectivity index (χ4n) is 2.76. The molecule has 2 aromatic rings. The normalized spacial score (nSPS) is 17.3. The van der Waals surface area contributed by atoms with E-state index in [1.165, 1.54) is 4.90 Å². The van der Waals surface area contributed by atoms with Gasteiger partial charge in [0.1, 0.15) is 17.5 Å². The molecule has 2 N–H and O–H groups in total. The van der Waals surface area contributed by atoms with Gasteiger partial charge in [-0.2, -0.15) is 5.10 Å². The van der Waals surface area contributed by atoms with Crippen LogP contribution in [0.2, 0.25) is 0 Å². The summed E-state index contributed by atoms with van der Waals surface area (Å²) in [5, 5.41) is 16.0. The Bertz CT molecular complexity index is 723. The second-order valence-corrected chi connectivity index (χ2v) is 5.39. The number of likely N-dealkylation sites (tertiary alicyclic amines) is 1. The average Bonchev–Trinajstić information content (AvgIpc) is 3.23. The summed E-state index contributed by atoms with van der Waals surface area (Å²) < 4.78 is 5.11. The molecule has 1 aromatic heterocycles. The topological polar surface area (TPSA) is 95.5 Å². The maximum absolute atomic E-state index is 12.5. The van der Waals surface area contributed by atoms with Gasteiger partial charge in [-0.25, -0.2) is 4.79 Å². The molecular weight excluding hydrogens is 298 g/mol. The Morgan fingerprint density at radius 1 is 1.35 bits per heavy atom. The van der Waals surface area contributed by atoms with E-state index in [-0.39, 0.29) is 5.91 Å². The van der Waals surface area contributed by atoms with Crippen molar-refractivity contribution in [3.63, 3.8) is 0 Å². The first-order chi connectivity index (χ1) is 11.1. The highest BCUT2D eigenvalue weighted by molar-refractivity contribution is 5.96. The van der Waals surface area contributed by atoms with E-state index in [9.17, 15) is 14.7 Å². The van der Waals surface area contributed by atoms with Crippen molar-refractivity contribution in [3.05, 3.63) is 36.0 Å². The van der Waals surface area contributed by atoms with Gasteiger partial charge >= 0.3 is 5.97 Å². The van der Waals surface area contributed by atoms with Gasteiger partial charge in [0.25, 0.3) is 5.91 Å². The Morgan fingerprint density at radius 3 is 2.74 bits per heavy atom. The zero-order valence-electron chi connectivity index (χ0n) is 12.7. The van der Waals surface area contributed by atoms with Crippen LogP contribution in [0.15, 0.2) is 30.3 Å². The Hall–Kier alpha value is -2.83. The van der Waals surface area contributed by atoms with Gasteiger partial charge in [-0.3, -0.25) is 9.89 Å². The van der Waals surface area contributed by atoms with Crippen LogP contribution in [-0.2, 0) is 4.79 Å². The van der Waals surface area contributed by atoms with Gasteiger partial charge in [-0.1, -0.05) is 0 Å². The molecule has 1 aliphatic heterocycles. The summed E-state index contributed by atoms with van der Waals surface area (Å²) >= 11 is 0. The molecule has 0 unspecified atom stereocenters. The van der Waals surface area contributed by atoms with Crippen LogP contribution in [0, 0.1) is 0 Å². The summed E-state index contributed by atoms with van der Waals surface area (Å²) in [6, 6.07) is 8.20. The number of carboxylic acids is 1. The predicted molar refractivity (Wildman–Crippen MR) is 82.3 cm³/mol. The molecule has 1 amide bonds. The van der Waals surface area contributed by atoms with Crippen LogP contribution in [0.25, 0.3) is 11.3 Å². The number of amides is 1. The minimum absolute atomic E-state index is 0.295. The lowest BCUT2D eigenvalue weighted by atomic mass is 10.1. The van der Waals surface area contributed by atoms with E-state index in [2.05, 4.69) is 10.2 Å². The molecule has 1 fully saturated rings. The second-order valence-electron chi connectivity index (χ2n) is 5.39.